The molecular formula is C15H24N2O3. The second kappa shape index (κ2) is 8.43. The van der Waals surface area contributed by atoms with Gasteiger partial charge in [0.25, 0.3) is 5.91 Å². The van der Waals surface area contributed by atoms with E-state index in [0.717, 1.165) is 12.1 Å². The molecule has 1 rings (SSSR count). The van der Waals surface area contributed by atoms with Crippen molar-refractivity contribution in [2.75, 3.05) is 27.3 Å². The Labute approximate surface area is 120 Å². The first-order valence-electron chi connectivity index (χ1n) is 6.77. The Hall–Kier alpha value is -1.75. The van der Waals surface area contributed by atoms with Gasteiger partial charge in [0.15, 0.2) is 18.1 Å². The molecule has 2 N–H and O–H groups in total. The van der Waals surface area contributed by atoms with Crippen LogP contribution in [0, 0.1) is 5.92 Å². The van der Waals surface area contributed by atoms with E-state index in [4.69, 9.17) is 9.47 Å². The van der Waals surface area contributed by atoms with Gasteiger partial charge in [-0.1, -0.05) is 19.9 Å². The van der Waals surface area contributed by atoms with Gasteiger partial charge >= 0.3 is 0 Å². The molecule has 0 bridgehead atoms. The highest BCUT2D eigenvalue weighted by Gasteiger charge is 2.09. The molecule has 0 aliphatic carbocycles. The molecule has 0 spiro atoms. The third-order valence-corrected chi connectivity index (χ3v) is 2.68. The monoisotopic (exact) mass is 280 g/mol. The number of benzene rings is 1. The summed E-state index contributed by atoms with van der Waals surface area (Å²) in [4.78, 5) is 11.6. The van der Waals surface area contributed by atoms with Crippen LogP contribution in [-0.2, 0) is 11.3 Å². The van der Waals surface area contributed by atoms with Crippen LogP contribution in [0.4, 0.5) is 0 Å². The number of methoxy groups -OCH3 is 1. The Morgan fingerprint density at radius 1 is 1.30 bits per heavy atom. The minimum atomic E-state index is -0.125. The van der Waals surface area contributed by atoms with Crippen LogP contribution in [0.5, 0.6) is 11.5 Å². The number of rotatable bonds is 8. The van der Waals surface area contributed by atoms with E-state index in [1.54, 1.807) is 7.11 Å². The molecule has 5 nitrogen and oxygen atoms in total. The molecule has 112 valence electrons. The van der Waals surface area contributed by atoms with Crippen molar-refractivity contribution in [1.82, 2.24) is 10.6 Å². The fourth-order valence-electron chi connectivity index (χ4n) is 1.66. The van der Waals surface area contributed by atoms with Crippen LogP contribution >= 0.6 is 0 Å². The van der Waals surface area contributed by atoms with E-state index in [0.29, 0.717) is 24.0 Å². The summed E-state index contributed by atoms with van der Waals surface area (Å²) in [6.07, 6.45) is 0. The van der Waals surface area contributed by atoms with E-state index in [1.165, 1.54) is 0 Å². The molecule has 0 heterocycles. The van der Waals surface area contributed by atoms with Crippen molar-refractivity contribution < 1.29 is 14.3 Å². The van der Waals surface area contributed by atoms with Crippen LogP contribution in [0.15, 0.2) is 18.2 Å². The highest BCUT2D eigenvalue weighted by molar-refractivity contribution is 5.77. The molecule has 0 unspecified atom stereocenters. The lowest BCUT2D eigenvalue weighted by Crippen LogP contribution is -2.31. The number of carbonyl (C=O) groups excluding carboxylic acids is 1. The van der Waals surface area contributed by atoms with E-state index in [-0.39, 0.29) is 12.5 Å². The van der Waals surface area contributed by atoms with Crippen LogP contribution in [0.2, 0.25) is 0 Å². The van der Waals surface area contributed by atoms with Gasteiger partial charge in [-0.25, -0.2) is 0 Å². The average molecular weight is 280 g/mol. The molecule has 0 atom stereocenters. The van der Waals surface area contributed by atoms with Gasteiger partial charge in [-0.2, -0.15) is 0 Å². The molecule has 0 aliphatic heterocycles. The first-order chi connectivity index (χ1) is 9.56. The lowest BCUT2D eigenvalue weighted by molar-refractivity contribution is -0.123. The van der Waals surface area contributed by atoms with Crippen molar-refractivity contribution >= 4 is 5.91 Å². The molecule has 5 heteroatoms. The molecule has 0 saturated heterocycles. The maximum absolute atomic E-state index is 11.6. The van der Waals surface area contributed by atoms with Crippen molar-refractivity contribution in [3.05, 3.63) is 23.8 Å². The molecule has 0 fully saturated rings. The first kappa shape index (κ1) is 16.3. The highest BCUT2D eigenvalue weighted by atomic mass is 16.5. The Bertz CT molecular complexity index is 433. The number of carbonyl (C=O) groups is 1. The summed E-state index contributed by atoms with van der Waals surface area (Å²) < 4.78 is 10.8. The molecule has 0 radical (unpaired) electrons. The number of ether oxygens (including phenoxy) is 2. The number of hydrogen-bond donors (Lipinski definition) is 2. The maximum Gasteiger partial charge on any atom is 0.257 e. The topological polar surface area (TPSA) is 59.6 Å². The van der Waals surface area contributed by atoms with Crippen LogP contribution < -0.4 is 20.1 Å². The van der Waals surface area contributed by atoms with Crippen LogP contribution in [-0.4, -0.2) is 33.2 Å². The zero-order valence-corrected chi connectivity index (χ0v) is 12.7. The molecule has 1 aromatic rings. The normalized spacial score (nSPS) is 10.4. The summed E-state index contributed by atoms with van der Waals surface area (Å²) in [5, 5.41) is 5.88. The summed E-state index contributed by atoms with van der Waals surface area (Å²) in [5.41, 5.74) is 1.07. The molecule has 0 aromatic heterocycles. The summed E-state index contributed by atoms with van der Waals surface area (Å²) in [6.45, 7) is 5.47. The van der Waals surface area contributed by atoms with Crippen LogP contribution in [0.25, 0.3) is 0 Å². The Morgan fingerprint density at radius 3 is 2.65 bits per heavy atom. The van der Waals surface area contributed by atoms with Gasteiger partial charge in [0.1, 0.15) is 0 Å². The standard InChI is InChI=1S/C15H24N2O3/c1-11(2)8-17-15(18)10-20-14-7-12(9-16-3)5-6-13(14)19-4/h5-7,11,16H,8-10H2,1-4H3,(H,17,18). The second-order valence-electron chi connectivity index (χ2n) is 5.00. The quantitative estimate of drug-likeness (QED) is 0.759. The third-order valence-electron chi connectivity index (χ3n) is 2.68. The molecule has 0 aliphatic rings. The lowest BCUT2D eigenvalue weighted by atomic mass is 10.2. The minimum absolute atomic E-state index is 0.00785. The third kappa shape index (κ3) is 5.48. The summed E-state index contributed by atoms with van der Waals surface area (Å²) >= 11 is 0. The Morgan fingerprint density at radius 2 is 2.05 bits per heavy atom. The van der Waals surface area contributed by atoms with E-state index in [9.17, 15) is 4.79 Å². The van der Waals surface area contributed by atoms with E-state index < -0.39 is 0 Å². The predicted molar refractivity (Wildman–Crippen MR) is 79.1 cm³/mol. The van der Waals surface area contributed by atoms with E-state index in [2.05, 4.69) is 10.6 Å². The number of amides is 1. The molecule has 0 saturated carbocycles. The summed E-state index contributed by atoms with van der Waals surface area (Å²) in [5.74, 6) is 1.51. The summed E-state index contributed by atoms with van der Waals surface area (Å²) in [6, 6.07) is 5.68. The maximum atomic E-state index is 11.6. The summed E-state index contributed by atoms with van der Waals surface area (Å²) in [7, 11) is 3.46. The molecular weight excluding hydrogens is 256 g/mol. The lowest BCUT2D eigenvalue weighted by Gasteiger charge is -2.13. The zero-order valence-electron chi connectivity index (χ0n) is 12.7. The van der Waals surface area contributed by atoms with Crippen molar-refractivity contribution in [3.8, 4) is 11.5 Å². The van der Waals surface area contributed by atoms with Crippen molar-refractivity contribution in [3.63, 3.8) is 0 Å². The van der Waals surface area contributed by atoms with E-state index in [1.807, 2.05) is 39.1 Å². The van der Waals surface area contributed by atoms with Crippen molar-refractivity contribution in [2.45, 2.75) is 20.4 Å². The van der Waals surface area contributed by atoms with Crippen molar-refractivity contribution in [2.24, 2.45) is 5.92 Å². The fourth-order valence-corrected chi connectivity index (χ4v) is 1.66. The van der Waals surface area contributed by atoms with Gasteiger partial charge in [-0.15, -0.1) is 0 Å². The van der Waals surface area contributed by atoms with E-state index >= 15 is 0 Å². The first-order valence-corrected chi connectivity index (χ1v) is 6.77. The van der Waals surface area contributed by atoms with Gasteiger partial charge in [0, 0.05) is 13.1 Å². The number of nitrogens with one attached hydrogen (secondary N) is 2. The van der Waals surface area contributed by atoms with Gasteiger partial charge in [0.05, 0.1) is 7.11 Å². The molecule has 20 heavy (non-hydrogen) atoms. The fraction of sp³-hybridized carbons (Fsp3) is 0.533. The molecule has 1 aromatic carbocycles. The zero-order chi connectivity index (χ0) is 15.0. The SMILES string of the molecule is CNCc1ccc(OC)c(OCC(=O)NCC(C)C)c1. The average Bonchev–Trinajstić information content (AvgIpc) is 2.43. The van der Waals surface area contributed by atoms with Crippen molar-refractivity contribution in [1.29, 1.82) is 0 Å². The minimum Gasteiger partial charge on any atom is -0.493 e. The largest absolute Gasteiger partial charge is 0.493 e. The Kier molecular flexibility index (Phi) is 6.87. The predicted octanol–water partition coefficient (Wildman–Crippen LogP) is 1.57. The van der Waals surface area contributed by atoms with Crippen LogP contribution in [0.1, 0.15) is 19.4 Å². The van der Waals surface area contributed by atoms with Gasteiger partial charge < -0.3 is 20.1 Å². The van der Waals surface area contributed by atoms with Gasteiger partial charge in [0.2, 0.25) is 0 Å². The van der Waals surface area contributed by atoms with Gasteiger partial charge in [-0.3, -0.25) is 4.79 Å². The second-order valence-corrected chi connectivity index (χ2v) is 5.00. The van der Waals surface area contributed by atoms with Gasteiger partial charge in [-0.05, 0) is 30.7 Å². The highest BCUT2D eigenvalue weighted by Crippen LogP contribution is 2.27. The Balaban J connectivity index is 2.60. The number of hydrogen-bond acceptors (Lipinski definition) is 4. The van der Waals surface area contributed by atoms with Crippen LogP contribution in [0.3, 0.4) is 0 Å². The molecule has 1 amide bonds. The smallest absolute Gasteiger partial charge is 0.257 e.